The molecule has 3 saturated carbocycles. The van der Waals surface area contributed by atoms with Gasteiger partial charge in [-0.25, -0.2) is 17.6 Å². The van der Waals surface area contributed by atoms with Gasteiger partial charge < -0.3 is 0 Å². The average molecular weight is 529 g/mol. The summed E-state index contributed by atoms with van der Waals surface area (Å²) < 4.78 is 53.0. The van der Waals surface area contributed by atoms with Crippen LogP contribution in [-0.4, -0.2) is 0 Å². The van der Waals surface area contributed by atoms with Crippen molar-refractivity contribution < 1.29 is 19.0 Å². The second-order valence-corrected chi connectivity index (χ2v) is 12.3. The molecule has 2 aromatic rings. The molecule has 208 valence electrons. The lowest BCUT2D eigenvalue weighted by molar-refractivity contribution is 0.235. The minimum Gasteiger partial charge on any atom is -0.207 e. The van der Waals surface area contributed by atoms with E-state index in [-0.39, 0.29) is 1.43 Å². The normalized spacial score (nSPS) is 26.6. The molecule has 38 heavy (non-hydrogen) atoms. The SMILES string of the molecule is Fc1cc(F)cc(C2=CCC(C3CCCC3)CC2)c1.Fc1cc(F)cc(C2CCC(C3CCCC3)CC2)c1.[HH]. The third-order valence-corrected chi connectivity index (χ3v) is 9.95. The first kappa shape index (κ1) is 27.5. The van der Waals surface area contributed by atoms with Gasteiger partial charge in [-0.2, -0.15) is 0 Å². The zero-order chi connectivity index (χ0) is 26.5. The van der Waals surface area contributed by atoms with Gasteiger partial charge in [-0.1, -0.05) is 57.4 Å². The summed E-state index contributed by atoms with van der Waals surface area (Å²) in [7, 11) is 0. The van der Waals surface area contributed by atoms with Crippen molar-refractivity contribution in [2.75, 3.05) is 0 Å². The van der Waals surface area contributed by atoms with E-state index < -0.39 is 23.3 Å². The van der Waals surface area contributed by atoms with Crippen molar-refractivity contribution >= 4 is 5.57 Å². The monoisotopic (exact) mass is 528 g/mol. The highest BCUT2D eigenvalue weighted by molar-refractivity contribution is 5.66. The van der Waals surface area contributed by atoms with Crippen molar-refractivity contribution in [2.24, 2.45) is 23.7 Å². The molecule has 0 heterocycles. The lowest BCUT2D eigenvalue weighted by Crippen LogP contribution is -2.19. The zero-order valence-corrected chi connectivity index (χ0v) is 22.5. The number of hydrogen-bond acceptors (Lipinski definition) is 0. The summed E-state index contributed by atoms with van der Waals surface area (Å²) in [5.74, 6) is 2.03. The second-order valence-electron chi connectivity index (χ2n) is 12.3. The number of hydrogen-bond donors (Lipinski definition) is 0. The molecule has 4 aliphatic carbocycles. The number of allylic oxidation sites excluding steroid dienone is 2. The maximum absolute atomic E-state index is 13.3. The van der Waals surface area contributed by atoms with Gasteiger partial charge in [-0.05, 0) is 116 Å². The summed E-state index contributed by atoms with van der Waals surface area (Å²) in [6.07, 6.45) is 21.3. The van der Waals surface area contributed by atoms with Gasteiger partial charge >= 0.3 is 0 Å². The van der Waals surface area contributed by atoms with Gasteiger partial charge in [0.2, 0.25) is 0 Å². The van der Waals surface area contributed by atoms with Crippen molar-refractivity contribution in [2.45, 2.75) is 102 Å². The first-order valence-corrected chi connectivity index (χ1v) is 15.1. The van der Waals surface area contributed by atoms with Gasteiger partial charge in [0.1, 0.15) is 23.3 Å². The molecule has 0 N–H and O–H groups in total. The van der Waals surface area contributed by atoms with E-state index in [1.54, 1.807) is 0 Å². The van der Waals surface area contributed by atoms with E-state index in [9.17, 15) is 17.6 Å². The van der Waals surface area contributed by atoms with Crippen molar-refractivity contribution in [3.05, 3.63) is 76.9 Å². The maximum atomic E-state index is 13.3. The lowest BCUT2D eigenvalue weighted by Gasteiger charge is -2.32. The highest BCUT2D eigenvalue weighted by atomic mass is 19.1. The molecule has 0 radical (unpaired) electrons. The van der Waals surface area contributed by atoms with Crippen LogP contribution in [0.3, 0.4) is 0 Å². The smallest absolute Gasteiger partial charge is 0.126 e. The Bertz CT molecular complexity index is 1050. The third kappa shape index (κ3) is 7.10. The Morgan fingerprint density at radius 1 is 0.500 bits per heavy atom. The van der Waals surface area contributed by atoms with Gasteiger partial charge in [-0.15, -0.1) is 0 Å². The molecule has 1 unspecified atom stereocenters. The largest absolute Gasteiger partial charge is 0.207 e. The fraction of sp³-hybridized carbons (Fsp3) is 0.588. The second kappa shape index (κ2) is 12.8. The number of halogens is 4. The summed E-state index contributed by atoms with van der Waals surface area (Å²) in [6, 6.07) is 7.84. The Hall–Kier alpha value is -2.10. The Balaban J connectivity index is 0.000000176. The van der Waals surface area contributed by atoms with Crippen LogP contribution in [0.2, 0.25) is 0 Å². The van der Waals surface area contributed by atoms with Crippen LogP contribution in [0.5, 0.6) is 0 Å². The van der Waals surface area contributed by atoms with Crippen LogP contribution in [0.15, 0.2) is 42.5 Å². The van der Waals surface area contributed by atoms with E-state index in [4.69, 9.17) is 0 Å². The molecule has 0 nitrogen and oxygen atoms in total. The summed E-state index contributed by atoms with van der Waals surface area (Å²) in [4.78, 5) is 0. The van der Waals surface area contributed by atoms with E-state index in [0.29, 0.717) is 5.92 Å². The van der Waals surface area contributed by atoms with Crippen LogP contribution in [0.1, 0.15) is 115 Å². The minimum atomic E-state index is -0.478. The van der Waals surface area contributed by atoms with Crippen LogP contribution in [0.25, 0.3) is 5.57 Å². The summed E-state index contributed by atoms with van der Waals surface area (Å²) in [5, 5.41) is 0. The van der Waals surface area contributed by atoms with Crippen molar-refractivity contribution in [3.63, 3.8) is 0 Å². The minimum absolute atomic E-state index is 0. The number of rotatable bonds is 4. The molecule has 0 amide bonds. The predicted molar refractivity (Wildman–Crippen MR) is 149 cm³/mol. The molecule has 6 rings (SSSR count). The summed E-state index contributed by atoms with van der Waals surface area (Å²) in [6.45, 7) is 0. The molecule has 0 aromatic heterocycles. The topological polar surface area (TPSA) is 0 Å². The standard InChI is InChI=1S/C17H22F2.C17H20F2.H2/c2*18-16-9-15(10-17(19)11-16)14-7-5-13(6-8-14)12-3-1-2-4-12;/h9-14H,1-8H2;7,9-13H,1-6,8H2;1H. The lowest BCUT2D eigenvalue weighted by atomic mass is 9.73. The Labute approximate surface area is 227 Å². The molecule has 1 atom stereocenters. The molecule has 0 bridgehead atoms. The van der Waals surface area contributed by atoms with Crippen molar-refractivity contribution in [1.29, 1.82) is 0 Å². The molecule has 0 spiro atoms. The zero-order valence-electron chi connectivity index (χ0n) is 22.5. The van der Waals surface area contributed by atoms with Gasteiger partial charge in [0.15, 0.2) is 0 Å². The molecule has 0 aliphatic heterocycles. The third-order valence-electron chi connectivity index (χ3n) is 9.95. The first-order valence-electron chi connectivity index (χ1n) is 15.1. The molecule has 4 heteroatoms. The van der Waals surface area contributed by atoms with E-state index >= 15 is 0 Å². The van der Waals surface area contributed by atoms with Crippen molar-refractivity contribution in [3.8, 4) is 0 Å². The van der Waals surface area contributed by atoms with E-state index in [2.05, 4.69) is 6.08 Å². The van der Waals surface area contributed by atoms with Crippen molar-refractivity contribution in [1.82, 2.24) is 0 Å². The highest BCUT2D eigenvalue weighted by Crippen LogP contribution is 2.44. The van der Waals surface area contributed by atoms with Gasteiger partial charge in [0, 0.05) is 13.6 Å². The van der Waals surface area contributed by atoms with Crippen LogP contribution in [0, 0.1) is 46.9 Å². The van der Waals surface area contributed by atoms with Crippen LogP contribution < -0.4 is 0 Å². The van der Waals surface area contributed by atoms with Gasteiger partial charge in [-0.3, -0.25) is 0 Å². The Morgan fingerprint density at radius 3 is 1.47 bits per heavy atom. The molecule has 3 fully saturated rings. The fourth-order valence-electron chi connectivity index (χ4n) is 7.88. The van der Waals surface area contributed by atoms with E-state index in [1.807, 2.05) is 0 Å². The van der Waals surface area contributed by atoms with Crippen LogP contribution in [-0.2, 0) is 0 Å². The highest BCUT2D eigenvalue weighted by Gasteiger charge is 2.30. The Kier molecular flexibility index (Phi) is 9.28. The fourth-order valence-corrected chi connectivity index (χ4v) is 7.88. The predicted octanol–water partition coefficient (Wildman–Crippen LogP) is 11.0. The number of benzene rings is 2. The van der Waals surface area contributed by atoms with Gasteiger partial charge in [0.05, 0.1) is 0 Å². The van der Waals surface area contributed by atoms with Crippen LogP contribution in [0.4, 0.5) is 17.6 Å². The molecule has 0 saturated heterocycles. The van der Waals surface area contributed by atoms with Gasteiger partial charge in [0.25, 0.3) is 0 Å². The molecule has 4 aliphatic rings. The Morgan fingerprint density at radius 2 is 0.974 bits per heavy atom. The van der Waals surface area contributed by atoms with Crippen LogP contribution >= 0.6 is 0 Å². The molecule has 2 aromatic carbocycles. The molecular weight excluding hydrogens is 484 g/mol. The maximum Gasteiger partial charge on any atom is 0.126 e. The quantitative estimate of drug-likeness (QED) is 0.346. The molecular formula is C34H44F4. The first-order chi connectivity index (χ1) is 18.4. The summed E-state index contributed by atoms with van der Waals surface area (Å²) in [5.41, 5.74) is 2.71. The average Bonchev–Trinajstić information content (AvgIpc) is 3.63. The summed E-state index contributed by atoms with van der Waals surface area (Å²) >= 11 is 0. The van der Waals surface area contributed by atoms with E-state index in [0.717, 1.165) is 78.2 Å². The van der Waals surface area contributed by atoms with E-state index in [1.165, 1.54) is 94.9 Å².